The number of oxazole rings is 2. The van der Waals surface area contributed by atoms with Gasteiger partial charge in [0.25, 0.3) is 0 Å². The van der Waals surface area contributed by atoms with Crippen LogP contribution in [0.5, 0.6) is 0 Å². The van der Waals surface area contributed by atoms with Crippen molar-refractivity contribution in [2.24, 2.45) is 11.8 Å². The van der Waals surface area contributed by atoms with E-state index in [1.54, 1.807) is 26.4 Å². The van der Waals surface area contributed by atoms with Crippen LogP contribution in [0.25, 0.3) is 21.5 Å². The summed E-state index contributed by atoms with van der Waals surface area (Å²) in [6, 6.07) is 25.3. The highest BCUT2D eigenvalue weighted by Crippen LogP contribution is 2.41. The molecule has 0 spiro atoms. The van der Waals surface area contributed by atoms with Crippen molar-refractivity contribution in [3.63, 3.8) is 0 Å². The minimum Gasteiger partial charge on any atom is -0.479 e. The summed E-state index contributed by atoms with van der Waals surface area (Å²) in [4.78, 5) is 19.6. The Balaban J connectivity index is 0.000000204. The van der Waals surface area contributed by atoms with E-state index in [9.17, 15) is 9.90 Å². The fraction of sp³-hybridized carbons (Fsp3) is 0.372. The molecule has 53 heavy (non-hydrogen) atoms. The lowest BCUT2D eigenvalue weighted by Gasteiger charge is -2.35. The molecule has 0 bridgehead atoms. The normalized spacial score (nSPS) is 17.3. The van der Waals surface area contributed by atoms with E-state index < -0.39 is 17.1 Å². The molecule has 6 aromatic rings. The van der Waals surface area contributed by atoms with Crippen molar-refractivity contribution >= 4 is 39.1 Å². The molecule has 0 radical (unpaired) electrons. The summed E-state index contributed by atoms with van der Waals surface area (Å²) in [5, 5.41) is 14.2. The molecule has 9 nitrogen and oxygen atoms in total. The second kappa shape index (κ2) is 17.5. The van der Waals surface area contributed by atoms with E-state index in [0.29, 0.717) is 31.7 Å². The van der Waals surface area contributed by atoms with Crippen molar-refractivity contribution in [2.45, 2.75) is 83.9 Å². The maximum absolute atomic E-state index is 11.4. The van der Waals surface area contributed by atoms with Gasteiger partial charge in [0.1, 0.15) is 23.9 Å². The van der Waals surface area contributed by atoms with Crippen LogP contribution in [0.3, 0.4) is 0 Å². The van der Waals surface area contributed by atoms with E-state index in [1.807, 2.05) is 12.1 Å². The number of carboxylic acids is 1. The molecular formula is C43H47ClN2O7. The largest absolute Gasteiger partial charge is 0.479 e. The average molecular weight is 739 g/mol. The second-order valence-corrected chi connectivity index (χ2v) is 14.7. The van der Waals surface area contributed by atoms with E-state index >= 15 is 0 Å². The van der Waals surface area contributed by atoms with Gasteiger partial charge in [-0.2, -0.15) is 0 Å². The SMILES string of the molecule is Cc1cccc2cc(C(Cl)OCc3cocn3)ccc12.Cc1cccc2cc(C(OCc3cocn3)[C@@H]3CCC[C@H](COC(C)(C)C(=O)O)C3)ccc12. The van der Waals surface area contributed by atoms with E-state index in [2.05, 4.69) is 84.5 Å². The van der Waals surface area contributed by atoms with Crippen LogP contribution in [-0.4, -0.2) is 33.3 Å². The summed E-state index contributed by atoms with van der Waals surface area (Å²) in [7, 11) is 0. The molecule has 4 aromatic carbocycles. The van der Waals surface area contributed by atoms with Crippen LogP contribution in [0.1, 0.15) is 84.8 Å². The molecule has 1 saturated carbocycles. The third-order valence-corrected chi connectivity index (χ3v) is 10.4. The van der Waals surface area contributed by atoms with Crippen LogP contribution in [-0.2, 0) is 32.2 Å². The van der Waals surface area contributed by atoms with Gasteiger partial charge in [-0.05, 0) is 115 Å². The molecule has 2 heterocycles. The number of hydrogen-bond donors (Lipinski definition) is 1. The van der Waals surface area contributed by atoms with E-state index in [-0.39, 0.29) is 6.10 Å². The number of aliphatic carboxylic acids is 1. The molecule has 7 rings (SSSR count). The zero-order valence-electron chi connectivity index (χ0n) is 30.7. The average Bonchev–Trinajstić information content (AvgIpc) is 3.89. The summed E-state index contributed by atoms with van der Waals surface area (Å²) in [6.45, 7) is 8.61. The smallest absolute Gasteiger partial charge is 0.335 e. The molecule has 0 saturated heterocycles. The van der Waals surface area contributed by atoms with Crippen LogP contribution in [0.2, 0.25) is 0 Å². The predicted molar refractivity (Wildman–Crippen MR) is 204 cm³/mol. The Hall–Kier alpha value is -4.54. The van der Waals surface area contributed by atoms with Crippen LogP contribution >= 0.6 is 11.6 Å². The minimum atomic E-state index is -1.17. The number of fused-ring (bicyclic) bond motifs is 2. The van der Waals surface area contributed by atoms with Gasteiger partial charge in [0.05, 0.1) is 25.9 Å². The van der Waals surface area contributed by atoms with Gasteiger partial charge in [-0.25, -0.2) is 14.8 Å². The van der Waals surface area contributed by atoms with Crippen LogP contribution in [0, 0.1) is 25.7 Å². The molecule has 278 valence electrons. The van der Waals surface area contributed by atoms with Gasteiger partial charge >= 0.3 is 5.97 Å². The molecule has 0 amide bonds. The maximum Gasteiger partial charge on any atom is 0.335 e. The molecule has 1 aliphatic carbocycles. The molecule has 10 heteroatoms. The maximum atomic E-state index is 11.4. The van der Waals surface area contributed by atoms with Crippen molar-refractivity contribution in [3.8, 4) is 0 Å². The number of carbonyl (C=O) groups is 1. The Morgan fingerprint density at radius 2 is 1.43 bits per heavy atom. The van der Waals surface area contributed by atoms with E-state index in [1.165, 1.54) is 40.1 Å². The number of alkyl halides is 1. The summed E-state index contributed by atoms with van der Waals surface area (Å²) >= 11 is 6.28. The molecular weight excluding hydrogens is 692 g/mol. The Labute approximate surface area is 315 Å². The second-order valence-electron chi connectivity index (χ2n) is 14.3. The molecule has 2 aromatic heterocycles. The highest BCUT2D eigenvalue weighted by atomic mass is 35.5. The fourth-order valence-corrected chi connectivity index (χ4v) is 7.14. The van der Waals surface area contributed by atoms with Gasteiger partial charge in [-0.15, -0.1) is 0 Å². The summed E-state index contributed by atoms with van der Waals surface area (Å²) < 4.78 is 27.9. The van der Waals surface area contributed by atoms with Crippen molar-refractivity contribution < 1.29 is 32.9 Å². The van der Waals surface area contributed by atoms with Crippen LogP contribution < -0.4 is 0 Å². The first-order valence-corrected chi connectivity index (χ1v) is 18.5. The topological polar surface area (TPSA) is 117 Å². The van der Waals surface area contributed by atoms with E-state index in [4.69, 9.17) is 34.6 Å². The summed E-state index contributed by atoms with van der Waals surface area (Å²) in [5.74, 6) is -0.312. The number of halogens is 1. The molecule has 0 aliphatic heterocycles. The third kappa shape index (κ3) is 9.91. The molecule has 1 N–H and O–H groups in total. The number of hydrogen-bond acceptors (Lipinski definition) is 8. The third-order valence-electron chi connectivity index (χ3n) is 10.0. The van der Waals surface area contributed by atoms with Crippen LogP contribution in [0.15, 0.2) is 107 Å². The van der Waals surface area contributed by atoms with Gasteiger partial charge < -0.3 is 28.2 Å². The van der Waals surface area contributed by atoms with Gasteiger partial charge in [-0.1, -0.05) is 78.7 Å². The summed E-state index contributed by atoms with van der Waals surface area (Å²) in [6.07, 6.45) is 9.99. The van der Waals surface area contributed by atoms with Crippen molar-refractivity contribution in [3.05, 3.63) is 132 Å². The highest BCUT2D eigenvalue weighted by Gasteiger charge is 2.34. The first-order valence-electron chi connectivity index (χ1n) is 18.0. The first kappa shape index (κ1) is 38.2. The number of nitrogens with zero attached hydrogens (tertiary/aromatic N) is 2. The van der Waals surface area contributed by atoms with Gasteiger partial charge in [-0.3, -0.25) is 0 Å². The number of aryl methyl sites for hydroxylation is 2. The van der Waals surface area contributed by atoms with Crippen LogP contribution in [0.4, 0.5) is 0 Å². The Morgan fingerprint density at radius 3 is 2.02 bits per heavy atom. The zero-order chi connectivity index (χ0) is 37.4. The van der Waals surface area contributed by atoms with E-state index in [0.717, 1.165) is 53.6 Å². The van der Waals surface area contributed by atoms with Gasteiger partial charge in [0, 0.05) is 0 Å². The number of ether oxygens (including phenoxy) is 3. The van der Waals surface area contributed by atoms with Crippen molar-refractivity contribution in [2.75, 3.05) is 6.61 Å². The molecule has 1 aliphatic rings. The van der Waals surface area contributed by atoms with Crippen molar-refractivity contribution in [1.29, 1.82) is 0 Å². The first-order chi connectivity index (χ1) is 25.6. The Kier molecular flexibility index (Phi) is 12.6. The monoisotopic (exact) mass is 738 g/mol. The van der Waals surface area contributed by atoms with Gasteiger partial charge in [0.2, 0.25) is 0 Å². The summed E-state index contributed by atoms with van der Waals surface area (Å²) in [5.41, 5.74) is 4.44. The van der Waals surface area contributed by atoms with Gasteiger partial charge in [0.15, 0.2) is 24.0 Å². The lowest BCUT2D eigenvalue weighted by atomic mass is 9.77. The molecule has 1 fully saturated rings. The minimum absolute atomic E-state index is 0.0816. The number of carboxylic acid groups (broad SMARTS) is 1. The standard InChI is InChI=1S/C27H33NO5.C16H14ClNO2/c1-18-6-4-8-20-13-22(10-11-24(18)20)25(32-16-23-15-31-17-28-23)21-9-5-7-19(12-21)14-33-27(2,3)26(29)30;1-11-3-2-4-12-7-13(5-6-15(11)12)16(17)20-9-14-8-19-10-18-14/h4,6,8,10-11,13,15,17,19,21,25H,5,7,9,12,14,16H2,1-3H3,(H,29,30);2-8,10,16H,9H2,1H3/t19-,21+,25?;/m0./s1. The Bertz CT molecular complexity index is 2080. The molecule has 4 atom stereocenters. The quantitative estimate of drug-likeness (QED) is 0.116. The predicted octanol–water partition coefficient (Wildman–Crippen LogP) is 10.7. The lowest BCUT2D eigenvalue weighted by molar-refractivity contribution is -0.163. The molecule has 2 unspecified atom stereocenters. The Morgan fingerprint density at radius 1 is 0.849 bits per heavy atom. The number of aromatic nitrogens is 2. The lowest BCUT2D eigenvalue weighted by Crippen LogP contribution is -2.37. The fourth-order valence-electron chi connectivity index (χ4n) is 6.95. The number of rotatable bonds is 13. The number of benzene rings is 4. The zero-order valence-corrected chi connectivity index (χ0v) is 31.4. The van der Waals surface area contributed by atoms with Crippen molar-refractivity contribution in [1.82, 2.24) is 9.97 Å². The highest BCUT2D eigenvalue weighted by molar-refractivity contribution is 6.20.